The molecule has 1 aliphatic rings. The van der Waals surface area contributed by atoms with Crippen LogP contribution in [0.15, 0.2) is 24.3 Å². The number of carbonyl (C=O) groups excluding carboxylic acids is 1. The number of piperidine rings is 1. The number of hydrogen-bond donors (Lipinski definition) is 1. The lowest BCUT2D eigenvalue weighted by atomic mass is 9.93. The zero-order valence-electron chi connectivity index (χ0n) is 12.2. The fraction of sp³-hybridized carbons (Fsp3) is 0.500. The molecule has 0 unspecified atom stereocenters. The third-order valence-electron chi connectivity index (χ3n) is 3.95. The van der Waals surface area contributed by atoms with Crippen molar-refractivity contribution in [2.75, 3.05) is 20.2 Å². The number of hydrogen-bond acceptors (Lipinski definition) is 4. The number of carboxylic acids is 1. The molecular weight excluding hydrogens is 270 g/mol. The van der Waals surface area contributed by atoms with E-state index in [0.29, 0.717) is 11.5 Å². The minimum absolute atomic E-state index is 0.279. The first-order valence-corrected chi connectivity index (χ1v) is 7.20. The van der Waals surface area contributed by atoms with Gasteiger partial charge < -0.3 is 9.84 Å². The summed E-state index contributed by atoms with van der Waals surface area (Å²) in [4.78, 5) is 24.4. The average Bonchev–Trinajstić information content (AvgIpc) is 2.49. The summed E-state index contributed by atoms with van der Waals surface area (Å²) < 4.78 is 4.67. The van der Waals surface area contributed by atoms with Gasteiger partial charge in [0.05, 0.1) is 12.7 Å². The predicted octanol–water partition coefficient (Wildman–Crippen LogP) is 2.16. The van der Waals surface area contributed by atoms with Gasteiger partial charge in [-0.3, -0.25) is 9.69 Å². The number of aliphatic carboxylic acids is 1. The van der Waals surface area contributed by atoms with E-state index in [1.165, 1.54) is 7.11 Å². The molecule has 21 heavy (non-hydrogen) atoms. The zero-order chi connectivity index (χ0) is 15.2. The van der Waals surface area contributed by atoms with Crippen molar-refractivity contribution in [1.29, 1.82) is 0 Å². The van der Waals surface area contributed by atoms with Crippen LogP contribution in [-0.4, -0.2) is 42.1 Å². The maximum Gasteiger partial charge on any atom is 0.337 e. The van der Waals surface area contributed by atoms with Gasteiger partial charge in [0.15, 0.2) is 0 Å². The monoisotopic (exact) mass is 291 g/mol. The first-order valence-electron chi connectivity index (χ1n) is 7.20. The molecule has 0 spiro atoms. The first-order chi connectivity index (χ1) is 10.1. The second-order valence-electron chi connectivity index (χ2n) is 5.51. The van der Waals surface area contributed by atoms with Crippen LogP contribution in [0.3, 0.4) is 0 Å². The zero-order valence-corrected chi connectivity index (χ0v) is 12.2. The Kier molecular flexibility index (Phi) is 5.33. The summed E-state index contributed by atoms with van der Waals surface area (Å²) in [6.07, 6.45) is 2.15. The maximum atomic E-state index is 11.4. The average molecular weight is 291 g/mol. The van der Waals surface area contributed by atoms with Crippen LogP contribution in [0.4, 0.5) is 0 Å². The molecule has 1 aliphatic heterocycles. The highest BCUT2D eigenvalue weighted by molar-refractivity contribution is 5.89. The van der Waals surface area contributed by atoms with Crippen molar-refractivity contribution in [2.24, 2.45) is 5.92 Å². The fourth-order valence-electron chi connectivity index (χ4n) is 2.72. The fourth-order valence-corrected chi connectivity index (χ4v) is 2.72. The van der Waals surface area contributed by atoms with E-state index < -0.39 is 5.97 Å². The Morgan fingerprint density at radius 2 is 1.86 bits per heavy atom. The molecule has 0 aliphatic carbocycles. The molecular formula is C16H21NO4. The highest BCUT2D eigenvalue weighted by Gasteiger charge is 2.21. The van der Waals surface area contributed by atoms with Crippen LogP contribution in [0.5, 0.6) is 0 Å². The number of nitrogens with zero attached hydrogens (tertiary/aromatic N) is 1. The van der Waals surface area contributed by atoms with Crippen LogP contribution in [0.1, 0.15) is 35.2 Å². The van der Waals surface area contributed by atoms with Crippen molar-refractivity contribution in [2.45, 2.75) is 25.8 Å². The molecule has 0 atom stereocenters. The third-order valence-corrected chi connectivity index (χ3v) is 3.95. The smallest absolute Gasteiger partial charge is 0.337 e. The standard InChI is InChI=1S/C16H21NO4/c1-21-16(20)14-4-2-13(3-5-14)11-17-8-6-12(7-9-17)10-15(18)19/h2-5,12H,6-11H2,1H3,(H,18,19). The normalized spacial score (nSPS) is 16.6. The Labute approximate surface area is 124 Å². The molecule has 1 saturated heterocycles. The van der Waals surface area contributed by atoms with Crippen LogP contribution < -0.4 is 0 Å². The van der Waals surface area contributed by atoms with E-state index in [0.717, 1.165) is 38.0 Å². The van der Waals surface area contributed by atoms with Gasteiger partial charge in [0.1, 0.15) is 0 Å². The number of rotatable bonds is 5. The van der Waals surface area contributed by atoms with Crippen LogP contribution in [0.25, 0.3) is 0 Å². The number of likely N-dealkylation sites (tertiary alicyclic amines) is 1. The van der Waals surface area contributed by atoms with Gasteiger partial charge in [-0.05, 0) is 49.5 Å². The molecule has 0 saturated carbocycles. The number of carboxylic acid groups (broad SMARTS) is 1. The van der Waals surface area contributed by atoms with Gasteiger partial charge in [-0.15, -0.1) is 0 Å². The van der Waals surface area contributed by atoms with E-state index in [9.17, 15) is 9.59 Å². The summed E-state index contributed by atoms with van der Waals surface area (Å²) in [6, 6.07) is 7.43. The van der Waals surface area contributed by atoms with Gasteiger partial charge in [0.2, 0.25) is 0 Å². The molecule has 0 aromatic heterocycles. The summed E-state index contributed by atoms with van der Waals surface area (Å²) in [5.74, 6) is -0.719. The molecule has 1 N–H and O–H groups in total. The number of benzene rings is 1. The van der Waals surface area contributed by atoms with E-state index in [4.69, 9.17) is 5.11 Å². The Bertz CT molecular complexity index is 490. The Balaban J connectivity index is 1.83. The topological polar surface area (TPSA) is 66.8 Å². The second kappa shape index (κ2) is 7.22. The minimum Gasteiger partial charge on any atom is -0.481 e. The summed E-state index contributed by atoms with van der Waals surface area (Å²) in [5.41, 5.74) is 1.71. The molecule has 1 aromatic rings. The van der Waals surface area contributed by atoms with E-state index in [2.05, 4.69) is 9.64 Å². The van der Waals surface area contributed by atoms with E-state index in [1.807, 2.05) is 12.1 Å². The number of methoxy groups -OCH3 is 1. The van der Waals surface area contributed by atoms with E-state index in [-0.39, 0.29) is 12.4 Å². The molecule has 5 heteroatoms. The van der Waals surface area contributed by atoms with Crippen LogP contribution in [-0.2, 0) is 16.1 Å². The van der Waals surface area contributed by atoms with Crippen molar-refractivity contribution >= 4 is 11.9 Å². The second-order valence-corrected chi connectivity index (χ2v) is 5.51. The molecule has 2 rings (SSSR count). The number of carbonyl (C=O) groups is 2. The summed E-state index contributed by atoms with van der Waals surface area (Å²) in [5, 5.41) is 8.81. The van der Waals surface area contributed by atoms with Crippen LogP contribution in [0.2, 0.25) is 0 Å². The lowest BCUT2D eigenvalue weighted by Gasteiger charge is -2.31. The molecule has 0 bridgehead atoms. The number of esters is 1. The van der Waals surface area contributed by atoms with Crippen molar-refractivity contribution in [1.82, 2.24) is 4.90 Å². The Hall–Kier alpha value is -1.88. The highest BCUT2D eigenvalue weighted by atomic mass is 16.5. The Morgan fingerprint density at radius 1 is 1.24 bits per heavy atom. The summed E-state index contributed by atoms with van der Waals surface area (Å²) in [6.45, 7) is 2.69. The molecule has 1 fully saturated rings. The van der Waals surface area contributed by atoms with Crippen molar-refractivity contribution in [3.05, 3.63) is 35.4 Å². The summed E-state index contributed by atoms with van der Waals surface area (Å²) in [7, 11) is 1.37. The van der Waals surface area contributed by atoms with Crippen molar-refractivity contribution in [3.8, 4) is 0 Å². The molecule has 1 aromatic carbocycles. The van der Waals surface area contributed by atoms with Gasteiger partial charge in [-0.2, -0.15) is 0 Å². The first kappa shape index (κ1) is 15.5. The molecule has 114 valence electrons. The summed E-state index contributed by atoms with van der Waals surface area (Å²) >= 11 is 0. The van der Waals surface area contributed by atoms with Crippen LogP contribution in [0, 0.1) is 5.92 Å². The van der Waals surface area contributed by atoms with E-state index in [1.54, 1.807) is 12.1 Å². The predicted molar refractivity (Wildman–Crippen MR) is 78.0 cm³/mol. The lowest BCUT2D eigenvalue weighted by Crippen LogP contribution is -2.33. The molecule has 0 radical (unpaired) electrons. The number of ether oxygens (including phenoxy) is 1. The van der Waals surface area contributed by atoms with Crippen LogP contribution >= 0.6 is 0 Å². The molecule has 1 heterocycles. The van der Waals surface area contributed by atoms with Gasteiger partial charge in [-0.1, -0.05) is 12.1 Å². The third kappa shape index (κ3) is 4.56. The minimum atomic E-state index is -0.702. The quantitative estimate of drug-likeness (QED) is 0.842. The molecule has 5 nitrogen and oxygen atoms in total. The Morgan fingerprint density at radius 3 is 2.38 bits per heavy atom. The highest BCUT2D eigenvalue weighted by Crippen LogP contribution is 2.21. The van der Waals surface area contributed by atoms with Gasteiger partial charge in [0.25, 0.3) is 0 Å². The van der Waals surface area contributed by atoms with Crippen molar-refractivity contribution < 1.29 is 19.4 Å². The lowest BCUT2D eigenvalue weighted by molar-refractivity contribution is -0.138. The van der Waals surface area contributed by atoms with Gasteiger partial charge in [-0.25, -0.2) is 4.79 Å². The van der Waals surface area contributed by atoms with E-state index >= 15 is 0 Å². The molecule has 0 amide bonds. The largest absolute Gasteiger partial charge is 0.481 e. The van der Waals surface area contributed by atoms with Gasteiger partial charge >= 0.3 is 11.9 Å². The SMILES string of the molecule is COC(=O)c1ccc(CN2CCC(CC(=O)O)CC2)cc1. The van der Waals surface area contributed by atoms with Gasteiger partial charge in [0, 0.05) is 13.0 Å². The maximum absolute atomic E-state index is 11.4. The van der Waals surface area contributed by atoms with Crippen molar-refractivity contribution in [3.63, 3.8) is 0 Å².